The maximum Gasteiger partial charge on any atom is 0.509 e. The smallest absolute Gasteiger partial charge is 0.457 e. The molecule has 8 aliphatic heterocycles. The number of cyclic esters (lactones) is 6. The van der Waals surface area contributed by atoms with Gasteiger partial charge in [-0.15, -0.1) is 23.2 Å². The standard InChI is InChI=1S/C32H53NO11.C32H51NO11.CH2Cl2/c2*1-12-22-32(9,44-30(37)40-22)27-19(6)24-15(2)14-31(8,43-24)26(17(4)23(35)18(5)28(36)41-27)42-29-25(39-20(7)34)21(33(10)11)13-16(3)38-29;2-1-3/h15-19,21-27,29,35H,12-14H2,1-11H3;15-19,21-22,24-27,29H,12-14H2,1-11H3;1H2/t15?,16?,17-,18+,19-,21?,22+,23-,24?,25?,26+,27+,29-,31-,32+;15?,16?,17-,18+,19-,21?,22+,24?,25?,26+,27+,29-,31-,32+;/m00./s1. The fourth-order valence-electron chi connectivity index (χ4n) is 16.1. The summed E-state index contributed by atoms with van der Waals surface area (Å²) in [6.07, 6.45) is -9.00. The van der Waals surface area contributed by atoms with E-state index in [4.69, 9.17) is 89.5 Å². The fraction of sp³-hybridized carbons (Fsp3) is 0.892. The van der Waals surface area contributed by atoms with Gasteiger partial charge in [-0.05, 0) is 134 Å². The van der Waals surface area contributed by atoms with E-state index in [1.54, 1.807) is 27.7 Å². The van der Waals surface area contributed by atoms with Crippen molar-refractivity contribution in [1.82, 2.24) is 9.80 Å². The molecule has 10 unspecified atom stereocenters. The third kappa shape index (κ3) is 16.2. The van der Waals surface area contributed by atoms with Crippen molar-refractivity contribution in [3.8, 4) is 0 Å². The Morgan fingerprint density at radius 2 is 0.945 bits per heavy atom. The van der Waals surface area contributed by atoms with Crippen LogP contribution in [0.15, 0.2) is 0 Å². The molecule has 26 heteroatoms. The van der Waals surface area contributed by atoms with Crippen molar-refractivity contribution in [2.45, 2.75) is 290 Å². The predicted octanol–water partition coefficient (Wildman–Crippen LogP) is 8.53. The minimum absolute atomic E-state index is 0.0183. The minimum atomic E-state index is -1.29. The summed E-state index contributed by atoms with van der Waals surface area (Å²) in [5, 5.41) is 11.9. The van der Waals surface area contributed by atoms with Gasteiger partial charge in [-0.2, -0.15) is 0 Å². The Hall–Kier alpha value is -3.69. The molecule has 0 aromatic carbocycles. The van der Waals surface area contributed by atoms with Gasteiger partial charge in [-0.25, -0.2) is 9.59 Å². The zero-order chi connectivity index (χ0) is 68.5. The van der Waals surface area contributed by atoms with Crippen molar-refractivity contribution in [2.75, 3.05) is 33.5 Å². The zero-order valence-corrected chi connectivity index (χ0v) is 59.1. The Bertz CT molecular complexity index is 2550. The van der Waals surface area contributed by atoms with Gasteiger partial charge < -0.3 is 81.2 Å². The molecule has 0 amide bonds. The molecule has 0 spiro atoms. The van der Waals surface area contributed by atoms with E-state index in [0.717, 1.165) is 0 Å². The number of alkyl halides is 2. The maximum absolute atomic E-state index is 14.0. The average Bonchev–Trinajstić information content (AvgIpc) is 1.63. The number of likely N-dealkylation sites (N-methyl/N-ethyl adjacent to an activating group) is 2. The lowest BCUT2D eigenvalue weighted by atomic mass is 9.76. The van der Waals surface area contributed by atoms with Gasteiger partial charge in [-0.3, -0.25) is 24.0 Å². The van der Waals surface area contributed by atoms with Crippen LogP contribution in [0.4, 0.5) is 9.59 Å². The molecule has 0 aromatic rings. The Kier molecular flexibility index (Phi) is 25.7. The van der Waals surface area contributed by atoms with Crippen molar-refractivity contribution in [3.63, 3.8) is 0 Å². The van der Waals surface area contributed by atoms with Crippen molar-refractivity contribution in [3.05, 3.63) is 0 Å². The molecule has 1 N–H and O–H groups in total. The quantitative estimate of drug-likeness (QED) is 0.0829. The average molecular weight is 1340 g/mol. The number of aliphatic hydroxyl groups excluding tert-OH is 1. The second-order valence-corrected chi connectivity index (χ2v) is 29.1. The van der Waals surface area contributed by atoms with E-state index in [-0.39, 0.29) is 47.2 Å². The Labute approximate surface area is 548 Å². The van der Waals surface area contributed by atoms with E-state index in [2.05, 4.69) is 6.92 Å². The van der Waals surface area contributed by atoms with Crippen LogP contribution in [0.2, 0.25) is 0 Å². The Balaban J connectivity index is 0.000000277. The first kappa shape index (κ1) is 76.3. The molecule has 91 heavy (non-hydrogen) atoms. The summed E-state index contributed by atoms with van der Waals surface area (Å²) < 4.78 is 86.0. The van der Waals surface area contributed by atoms with Crippen molar-refractivity contribution < 1.29 is 105 Å². The lowest BCUT2D eigenvalue weighted by Gasteiger charge is -2.47. The second-order valence-electron chi connectivity index (χ2n) is 28.3. The lowest BCUT2D eigenvalue weighted by Crippen LogP contribution is -2.59. The Morgan fingerprint density at radius 1 is 0.571 bits per heavy atom. The van der Waals surface area contributed by atoms with Gasteiger partial charge in [0.1, 0.15) is 30.3 Å². The fourth-order valence-corrected chi connectivity index (χ4v) is 16.1. The molecule has 8 rings (SSSR count). The monoisotopic (exact) mass is 1340 g/mol. The first-order valence-electron chi connectivity index (χ1n) is 32.5. The van der Waals surface area contributed by atoms with Crippen LogP contribution in [0.5, 0.6) is 0 Å². The normalized spacial score (nSPS) is 46.1. The van der Waals surface area contributed by atoms with Crippen molar-refractivity contribution in [1.29, 1.82) is 0 Å². The predicted molar refractivity (Wildman–Crippen MR) is 330 cm³/mol. The number of rotatable bonds is 12. The van der Waals surface area contributed by atoms with Gasteiger partial charge in [-0.1, -0.05) is 55.4 Å². The van der Waals surface area contributed by atoms with Crippen molar-refractivity contribution in [2.24, 2.45) is 47.3 Å². The summed E-state index contributed by atoms with van der Waals surface area (Å²) in [6.45, 7) is 32.2. The maximum atomic E-state index is 14.0. The number of ether oxygens (including phenoxy) is 14. The molecule has 8 saturated heterocycles. The van der Waals surface area contributed by atoms with Gasteiger partial charge in [0, 0.05) is 37.5 Å². The molecule has 8 fully saturated rings. The second kappa shape index (κ2) is 30.6. The minimum Gasteiger partial charge on any atom is -0.457 e. The summed E-state index contributed by atoms with van der Waals surface area (Å²) in [7, 11) is 7.66. The largest absolute Gasteiger partial charge is 0.509 e. The van der Waals surface area contributed by atoms with Crippen LogP contribution < -0.4 is 0 Å². The molecular formula is C65H106Cl2N2O22. The summed E-state index contributed by atoms with van der Waals surface area (Å²) in [6, 6.07) is -0.360. The number of esters is 4. The van der Waals surface area contributed by atoms with Crippen LogP contribution in [-0.2, 0) is 90.3 Å². The van der Waals surface area contributed by atoms with Crippen LogP contribution in [0.3, 0.4) is 0 Å². The van der Waals surface area contributed by atoms with E-state index in [1.165, 1.54) is 20.8 Å². The molecule has 29 atom stereocenters. The first-order chi connectivity index (χ1) is 42.3. The number of ketones is 1. The van der Waals surface area contributed by atoms with Crippen LogP contribution in [0.25, 0.3) is 0 Å². The molecule has 0 saturated carbocycles. The van der Waals surface area contributed by atoms with E-state index in [0.29, 0.717) is 38.5 Å². The highest BCUT2D eigenvalue weighted by molar-refractivity contribution is 6.40. The molecule has 8 aliphatic rings. The number of nitrogens with zero attached hydrogens (tertiary/aromatic N) is 2. The number of hydrogen-bond acceptors (Lipinski definition) is 24. The topological polar surface area (TPSA) is 275 Å². The Morgan fingerprint density at radius 3 is 1.32 bits per heavy atom. The highest BCUT2D eigenvalue weighted by Gasteiger charge is 2.64. The van der Waals surface area contributed by atoms with E-state index in [9.17, 15) is 38.7 Å². The molecule has 24 nitrogen and oxygen atoms in total. The molecule has 4 bridgehead atoms. The molecule has 0 aliphatic carbocycles. The van der Waals surface area contributed by atoms with Gasteiger partial charge in [0.05, 0.1) is 77.3 Å². The first-order valence-corrected chi connectivity index (χ1v) is 33.5. The zero-order valence-electron chi connectivity index (χ0n) is 57.6. The van der Waals surface area contributed by atoms with Crippen LogP contribution in [0.1, 0.15) is 163 Å². The molecule has 8 heterocycles. The van der Waals surface area contributed by atoms with Gasteiger partial charge >= 0.3 is 36.2 Å². The van der Waals surface area contributed by atoms with E-state index >= 15 is 0 Å². The highest BCUT2D eigenvalue weighted by atomic mass is 35.5. The number of Topliss-reactive ketones (excluding diaryl/α,β-unsaturated/α-hetero) is 1. The van der Waals surface area contributed by atoms with Crippen molar-refractivity contribution >= 4 is 65.2 Å². The highest BCUT2D eigenvalue weighted by Crippen LogP contribution is 2.51. The van der Waals surface area contributed by atoms with Crippen LogP contribution in [-0.4, -0.2) is 217 Å². The van der Waals surface area contributed by atoms with Gasteiger partial charge in [0.15, 0.2) is 41.8 Å². The van der Waals surface area contributed by atoms with E-state index in [1.807, 2.05) is 107 Å². The number of aliphatic hydroxyl groups is 1. The number of carbonyl (C=O) groups is 7. The SMILES string of the molecule is CC[C@H]1OC(=O)O[C@@]1(C)[C@@H]1OC(=O)[C@H](C)C(=O)[C@H](C)[C@@H](O[C@@H]2OC(C)CC(N(C)C)C2OC(C)=O)[C@]2(C)CC(C)C(O2)[C@@H]1C.CC[C@H]1OC(=O)O[C@@]1(C)[C@@H]1OC(=O)[C@H](C)[C@@H](O)[C@H](C)[C@@H](O[C@@H]2OC(C)CC(N(C)C)C2OC(C)=O)[C@]2(C)CC(C)C(O2)[C@@H]1C.ClCCl. The third-order valence-corrected chi connectivity index (χ3v) is 20.6. The number of carbonyl (C=O) groups excluding carboxylic acids is 7. The number of halogens is 2. The third-order valence-electron chi connectivity index (χ3n) is 20.6. The summed E-state index contributed by atoms with van der Waals surface area (Å²) >= 11 is 9.53. The summed E-state index contributed by atoms with van der Waals surface area (Å²) in [4.78, 5) is 94.3. The van der Waals surface area contributed by atoms with E-state index < -0.39 is 174 Å². The molecule has 0 aromatic heterocycles. The molecular weight excluding hydrogens is 1230 g/mol. The van der Waals surface area contributed by atoms with Gasteiger partial charge in [0.2, 0.25) is 0 Å². The summed E-state index contributed by atoms with van der Waals surface area (Å²) in [5.74, 6) is -7.11. The molecule has 0 radical (unpaired) electrons. The van der Waals surface area contributed by atoms with Crippen LogP contribution in [0, 0.1) is 47.3 Å². The molecule has 522 valence electrons. The summed E-state index contributed by atoms with van der Waals surface area (Å²) in [5.41, 5.74) is -4.46. The number of fused-ring (bicyclic) bond motifs is 4. The lowest BCUT2D eigenvalue weighted by molar-refractivity contribution is -0.303. The van der Waals surface area contributed by atoms with Crippen LogP contribution >= 0.6 is 23.2 Å². The number of hydrogen-bond donors (Lipinski definition) is 1. The van der Waals surface area contributed by atoms with Gasteiger partial charge in [0.25, 0.3) is 0 Å².